The number of halogens is 3. The van der Waals surface area contributed by atoms with E-state index in [1.165, 1.54) is 30.3 Å². The number of nitrogens with two attached hydrogens (primary N) is 1. The van der Waals surface area contributed by atoms with Crippen molar-refractivity contribution in [1.29, 1.82) is 0 Å². The molecule has 7 nitrogen and oxygen atoms in total. The first-order valence-corrected chi connectivity index (χ1v) is 10.2. The molecule has 0 aliphatic heterocycles. The molecule has 4 N–H and O–H groups in total. The lowest BCUT2D eigenvalue weighted by Crippen LogP contribution is -2.21. The molecule has 1 atom stereocenters. The second kappa shape index (κ2) is 8.74. The van der Waals surface area contributed by atoms with Crippen LogP contribution in [-0.2, 0) is 18.0 Å². The molecule has 2 heterocycles. The van der Waals surface area contributed by atoms with Crippen molar-refractivity contribution >= 4 is 33.8 Å². The number of anilines is 2. The van der Waals surface area contributed by atoms with Gasteiger partial charge in [0.25, 0.3) is 0 Å². The van der Waals surface area contributed by atoms with E-state index < -0.39 is 22.9 Å². The monoisotopic (exact) mass is 447 g/mol. The van der Waals surface area contributed by atoms with Crippen LogP contribution < -0.4 is 15.2 Å². The number of alkyl halides is 2. The van der Waals surface area contributed by atoms with E-state index in [2.05, 4.69) is 19.9 Å². The van der Waals surface area contributed by atoms with E-state index in [4.69, 9.17) is 10.5 Å². The largest absolute Gasteiger partial charge is 0.588 e. The maximum Gasteiger partial charge on any atom is 0.421 e. The molecule has 11 heteroatoms. The van der Waals surface area contributed by atoms with Gasteiger partial charge in [0, 0.05) is 11.8 Å². The molecule has 4 aromatic rings. The number of aromatic amines is 1. The Morgan fingerprint density at radius 2 is 1.94 bits per heavy atom. The number of rotatable bonds is 7. The van der Waals surface area contributed by atoms with Gasteiger partial charge in [-0.1, -0.05) is 18.2 Å². The first-order valence-electron chi connectivity index (χ1n) is 8.98. The van der Waals surface area contributed by atoms with Crippen LogP contribution in [0.15, 0.2) is 54.7 Å². The molecule has 1 unspecified atom stereocenters. The van der Waals surface area contributed by atoms with Crippen LogP contribution in [0.5, 0.6) is 5.75 Å². The number of nitrogens with zero attached hydrogens (tertiary/aromatic N) is 2. The minimum atomic E-state index is -3.08. The summed E-state index contributed by atoms with van der Waals surface area (Å²) < 4.78 is 58.4. The molecule has 2 aromatic heterocycles. The van der Waals surface area contributed by atoms with Crippen molar-refractivity contribution in [3.63, 3.8) is 0 Å². The maximum atomic E-state index is 13.1. The Bertz CT molecular complexity index is 1200. The number of aromatic nitrogens is 3. The van der Waals surface area contributed by atoms with Gasteiger partial charge in [0.2, 0.25) is 0 Å². The Hall–Kier alpha value is -3.44. The highest BCUT2D eigenvalue weighted by Crippen LogP contribution is 2.35. The minimum absolute atomic E-state index is 0.0329. The normalized spacial score (nSPS) is 12.3. The van der Waals surface area contributed by atoms with Gasteiger partial charge in [0.05, 0.1) is 16.6 Å². The van der Waals surface area contributed by atoms with Crippen molar-refractivity contribution < 1.29 is 22.5 Å². The van der Waals surface area contributed by atoms with E-state index in [1.54, 1.807) is 24.4 Å². The molecule has 2 aromatic carbocycles. The summed E-state index contributed by atoms with van der Waals surface area (Å²) in [6.07, 6.45) is 1.58. The van der Waals surface area contributed by atoms with Gasteiger partial charge in [-0.3, -0.25) is 10.1 Å². The second-order valence-corrected chi connectivity index (χ2v) is 7.63. The van der Waals surface area contributed by atoms with Crippen LogP contribution in [0.1, 0.15) is 5.56 Å². The average Bonchev–Trinajstić information content (AvgIpc) is 3.15. The summed E-state index contributed by atoms with van der Waals surface area (Å²) in [7, 11) is 0. The number of pyridine rings is 1. The molecule has 4 rings (SSSR count). The Morgan fingerprint density at radius 1 is 1.16 bits per heavy atom. The molecule has 0 fully saturated rings. The van der Waals surface area contributed by atoms with Crippen molar-refractivity contribution in [2.75, 3.05) is 10.5 Å². The van der Waals surface area contributed by atoms with Crippen LogP contribution >= 0.6 is 0 Å². The van der Waals surface area contributed by atoms with Crippen LogP contribution in [0.25, 0.3) is 22.2 Å². The first-order chi connectivity index (χ1) is 14.9. The lowest BCUT2D eigenvalue weighted by Gasteiger charge is -2.16. The summed E-state index contributed by atoms with van der Waals surface area (Å²) in [5.41, 5.74) is 8.49. The smallest absolute Gasteiger partial charge is 0.421 e. The average molecular weight is 447 g/mol. The molecular formula is C20H16F3N5O2S. The second-order valence-electron chi connectivity index (χ2n) is 6.48. The molecule has 0 aliphatic rings. The molecule has 0 spiro atoms. The number of H-pyrrole nitrogens is 1. The van der Waals surface area contributed by atoms with Gasteiger partial charge in [-0.2, -0.15) is 18.6 Å². The predicted molar refractivity (Wildman–Crippen MR) is 112 cm³/mol. The fourth-order valence-electron chi connectivity index (χ4n) is 2.98. The topological polar surface area (TPSA) is 112 Å². The minimum Gasteiger partial charge on any atom is -0.588 e. The quantitative estimate of drug-likeness (QED) is 0.366. The van der Waals surface area contributed by atoms with E-state index in [0.717, 1.165) is 0 Å². The zero-order valence-corrected chi connectivity index (χ0v) is 16.6. The van der Waals surface area contributed by atoms with E-state index in [1.807, 2.05) is 0 Å². The van der Waals surface area contributed by atoms with Crippen LogP contribution in [0.4, 0.5) is 24.7 Å². The van der Waals surface area contributed by atoms with Gasteiger partial charge >= 0.3 is 5.76 Å². The van der Waals surface area contributed by atoms with Crippen LogP contribution in [-0.4, -0.2) is 25.5 Å². The summed E-state index contributed by atoms with van der Waals surface area (Å²) in [4.78, 5) is 4.36. The summed E-state index contributed by atoms with van der Waals surface area (Å²) in [6, 6.07) is 12.0. The van der Waals surface area contributed by atoms with Gasteiger partial charge in [-0.25, -0.2) is 4.39 Å². The molecule has 0 saturated carbocycles. The van der Waals surface area contributed by atoms with Crippen molar-refractivity contribution in [2.24, 2.45) is 0 Å². The highest BCUT2D eigenvalue weighted by molar-refractivity contribution is 7.93. The summed E-state index contributed by atoms with van der Waals surface area (Å²) in [5.74, 6) is -3.05. The highest BCUT2D eigenvalue weighted by atomic mass is 32.2. The predicted octanol–water partition coefficient (Wildman–Crippen LogP) is 4.22. The van der Waals surface area contributed by atoms with Gasteiger partial charge in [0.15, 0.2) is 5.82 Å². The first kappa shape index (κ1) is 20.8. The van der Waals surface area contributed by atoms with E-state index in [-0.39, 0.29) is 23.9 Å². The Balaban J connectivity index is 1.71. The number of ether oxygens (including phenoxy) is 1. The zero-order valence-electron chi connectivity index (χ0n) is 15.8. The molecule has 160 valence electrons. The number of benzene rings is 2. The Kier molecular flexibility index (Phi) is 5.87. The summed E-state index contributed by atoms with van der Waals surface area (Å²) in [5, 5.41) is 7.38. The standard InChI is InChI=1S/C20H16F3N5O2S/c21-13-4-1-11(2-5-13)10-30-16-9-12(3-6-14(16)28-31(29)20(22)23)18-17-15(7-8-25-18)26-27-19(17)24/h1-9,20,28H,10H2,(H3,24,26,27). The van der Waals surface area contributed by atoms with Gasteiger partial charge in [0.1, 0.15) is 35.2 Å². The summed E-state index contributed by atoms with van der Waals surface area (Å²) in [6.45, 7) is 0.0329. The van der Waals surface area contributed by atoms with Crippen molar-refractivity contribution in [2.45, 2.75) is 12.4 Å². The third-order valence-corrected chi connectivity index (χ3v) is 5.18. The molecular weight excluding hydrogens is 431 g/mol. The number of nitrogens with one attached hydrogen (secondary N) is 2. The number of nitrogen functional groups attached to an aromatic ring is 1. The zero-order chi connectivity index (χ0) is 22.0. The lowest BCUT2D eigenvalue weighted by atomic mass is 10.1. The Morgan fingerprint density at radius 3 is 2.68 bits per heavy atom. The van der Waals surface area contributed by atoms with Crippen molar-refractivity contribution in [1.82, 2.24) is 15.2 Å². The third-order valence-electron chi connectivity index (χ3n) is 4.44. The van der Waals surface area contributed by atoms with Crippen LogP contribution in [0.2, 0.25) is 0 Å². The lowest BCUT2D eigenvalue weighted by molar-refractivity contribution is 0.236. The van der Waals surface area contributed by atoms with Gasteiger partial charge in [-0.05, 0) is 35.9 Å². The molecule has 0 radical (unpaired) electrons. The van der Waals surface area contributed by atoms with Crippen molar-refractivity contribution in [3.8, 4) is 17.0 Å². The number of hydrogen-bond acceptors (Lipinski definition) is 6. The fourth-order valence-corrected chi connectivity index (χ4v) is 3.45. The molecule has 0 aliphatic carbocycles. The number of hydrogen-bond donors (Lipinski definition) is 3. The van der Waals surface area contributed by atoms with E-state index in [0.29, 0.717) is 27.7 Å². The third kappa shape index (κ3) is 4.52. The molecule has 0 amide bonds. The van der Waals surface area contributed by atoms with Gasteiger partial charge < -0.3 is 15.0 Å². The molecule has 0 bridgehead atoms. The van der Waals surface area contributed by atoms with Gasteiger partial charge in [-0.15, -0.1) is 0 Å². The number of fused-ring (bicyclic) bond motifs is 1. The van der Waals surface area contributed by atoms with Crippen LogP contribution in [0, 0.1) is 5.82 Å². The Labute approximate surface area is 177 Å². The van der Waals surface area contributed by atoms with Crippen LogP contribution in [0.3, 0.4) is 0 Å². The summed E-state index contributed by atoms with van der Waals surface area (Å²) >= 11 is -2.62. The molecule has 0 saturated heterocycles. The fraction of sp³-hybridized carbons (Fsp3) is 0.100. The van der Waals surface area contributed by atoms with E-state index >= 15 is 0 Å². The molecule has 31 heavy (non-hydrogen) atoms. The SMILES string of the molecule is Nc1n[nH]c2ccnc(-c3ccc(N[S+]([O-])C(F)F)c(OCc4ccc(F)cc4)c3)c12. The highest BCUT2D eigenvalue weighted by Gasteiger charge is 2.23. The maximum absolute atomic E-state index is 13.1. The van der Waals surface area contributed by atoms with Crippen molar-refractivity contribution in [3.05, 3.63) is 66.1 Å². The van der Waals surface area contributed by atoms with E-state index in [9.17, 15) is 17.7 Å².